The van der Waals surface area contributed by atoms with E-state index in [9.17, 15) is 4.39 Å². The van der Waals surface area contributed by atoms with Gasteiger partial charge in [-0.25, -0.2) is 9.37 Å². The van der Waals surface area contributed by atoms with Gasteiger partial charge >= 0.3 is 0 Å². The molecule has 0 N–H and O–H groups in total. The number of alkyl halides is 1. The number of fused-ring (bicyclic) bond motifs is 1. The van der Waals surface area contributed by atoms with E-state index in [1.54, 1.807) is 6.07 Å². The van der Waals surface area contributed by atoms with E-state index in [0.29, 0.717) is 21.9 Å². The fourth-order valence-electron chi connectivity index (χ4n) is 2.31. The summed E-state index contributed by atoms with van der Waals surface area (Å²) in [5, 5.41) is 0. The standard InChI is InChI=1S/C15H20BrClFN3/c1-4-10(2)20(3)5-6-21-14-7-11(16)12(18)8-13(14)19-15(21)9-17/h7-8,10H,4-6,9H2,1-3H3. The third-order valence-corrected chi connectivity index (χ3v) is 4.86. The van der Waals surface area contributed by atoms with Crippen LogP contribution in [0.1, 0.15) is 26.1 Å². The molecule has 1 unspecified atom stereocenters. The first kappa shape index (κ1) is 16.7. The molecule has 21 heavy (non-hydrogen) atoms. The summed E-state index contributed by atoms with van der Waals surface area (Å²) in [5.74, 6) is 0.799. The summed E-state index contributed by atoms with van der Waals surface area (Å²) in [6, 6.07) is 3.75. The minimum atomic E-state index is -0.301. The number of nitrogens with zero attached hydrogens (tertiary/aromatic N) is 3. The summed E-state index contributed by atoms with van der Waals surface area (Å²) < 4.78 is 16.1. The van der Waals surface area contributed by atoms with Gasteiger partial charge in [0.15, 0.2) is 0 Å². The Morgan fingerprint density at radius 2 is 2.19 bits per heavy atom. The van der Waals surface area contributed by atoms with Gasteiger partial charge < -0.3 is 9.47 Å². The molecule has 0 fully saturated rings. The smallest absolute Gasteiger partial charge is 0.139 e. The number of imidazole rings is 1. The third kappa shape index (κ3) is 3.58. The molecule has 0 saturated heterocycles. The molecule has 3 nitrogen and oxygen atoms in total. The highest BCUT2D eigenvalue weighted by atomic mass is 79.9. The van der Waals surface area contributed by atoms with E-state index < -0.39 is 0 Å². The zero-order chi connectivity index (χ0) is 15.6. The SMILES string of the molecule is CCC(C)N(C)CCn1c(CCl)nc2cc(F)c(Br)cc21. The van der Waals surface area contributed by atoms with Crippen LogP contribution in [-0.2, 0) is 12.4 Å². The summed E-state index contributed by atoms with van der Waals surface area (Å²) in [6.45, 7) is 6.08. The molecule has 0 aliphatic rings. The van der Waals surface area contributed by atoms with Crippen LogP contribution in [0.25, 0.3) is 11.0 Å². The first-order valence-electron chi connectivity index (χ1n) is 7.08. The van der Waals surface area contributed by atoms with Crippen LogP contribution in [-0.4, -0.2) is 34.1 Å². The molecule has 0 saturated carbocycles. The fraction of sp³-hybridized carbons (Fsp3) is 0.533. The maximum Gasteiger partial charge on any atom is 0.139 e. The highest BCUT2D eigenvalue weighted by Gasteiger charge is 2.14. The number of likely N-dealkylation sites (N-methyl/N-ethyl adjacent to an activating group) is 1. The van der Waals surface area contributed by atoms with Crippen LogP contribution in [0.2, 0.25) is 0 Å². The van der Waals surface area contributed by atoms with Crippen LogP contribution in [0.3, 0.4) is 0 Å². The van der Waals surface area contributed by atoms with Crippen LogP contribution in [0.5, 0.6) is 0 Å². The molecule has 1 aromatic heterocycles. The molecule has 116 valence electrons. The quantitative estimate of drug-likeness (QED) is 0.696. The third-order valence-electron chi connectivity index (χ3n) is 4.01. The van der Waals surface area contributed by atoms with E-state index in [2.05, 4.69) is 51.3 Å². The fourth-order valence-corrected chi connectivity index (χ4v) is 2.85. The van der Waals surface area contributed by atoms with Crippen molar-refractivity contribution in [3.63, 3.8) is 0 Å². The molecule has 2 rings (SSSR count). The average molecular weight is 377 g/mol. The molecule has 1 aromatic carbocycles. The molecular formula is C15H20BrClFN3. The van der Waals surface area contributed by atoms with Crippen LogP contribution in [0, 0.1) is 5.82 Å². The lowest BCUT2D eigenvalue weighted by atomic mass is 10.2. The Hall–Kier alpha value is -0.650. The van der Waals surface area contributed by atoms with E-state index in [1.807, 2.05) is 0 Å². The van der Waals surface area contributed by atoms with Gasteiger partial charge in [0.05, 0.1) is 21.4 Å². The minimum absolute atomic E-state index is 0.301. The van der Waals surface area contributed by atoms with E-state index in [-0.39, 0.29) is 5.82 Å². The largest absolute Gasteiger partial charge is 0.326 e. The molecule has 6 heteroatoms. The Morgan fingerprint density at radius 3 is 2.81 bits per heavy atom. The van der Waals surface area contributed by atoms with Gasteiger partial charge in [0, 0.05) is 25.2 Å². The Bertz CT molecular complexity index is 629. The Labute approximate surface area is 138 Å². The summed E-state index contributed by atoms with van der Waals surface area (Å²) in [6.07, 6.45) is 1.11. The van der Waals surface area contributed by atoms with Gasteiger partial charge in [-0.1, -0.05) is 6.92 Å². The van der Waals surface area contributed by atoms with Gasteiger partial charge in [0.1, 0.15) is 11.6 Å². The normalized spacial score (nSPS) is 13.3. The zero-order valence-electron chi connectivity index (χ0n) is 12.5. The topological polar surface area (TPSA) is 21.1 Å². The average Bonchev–Trinajstić information content (AvgIpc) is 2.81. The van der Waals surface area contributed by atoms with E-state index in [4.69, 9.17) is 11.6 Å². The first-order valence-corrected chi connectivity index (χ1v) is 8.41. The number of rotatable bonds is 6. The maximum atomic E-state index is 13.6. The molecule has 0 radical (unpaired) electrons. The number of benzene rings is 1. The van der Waals surface area contributed by atoms with Gasteiger partial charge in [-0.15, -0.1) is 11.6 Å². The first-order chi connectivity index (χ1) is 9.97. The lowest BCUT2D eigenvalue weighted by Gasteiger charge is -2.24. The molecule has 2 aromatic rings. The molecule has 0 bridgehead atoms. The van der Waals surface area contributed by atoms with Crippen LogP contribution in [0.4, 0.5) is 4.39 Å². The second kappa shape index (κ2) is 7.07. The summed E-state index contributed by atoms with van der Waals surface area (Å²) in [5.41, 5.74) is 1.56. The maximum absolute atomic E-state index is 13.6. The summed E-state index contributed by atoms with van der Waals surface area (Å²) >= 11 is 9.22. The van der Waals surface area contributed by atoms with E-state index in [1.165, 1.54) is 6.07 Å². The molecule has 1 heterocycles. The predicted molar refractivity (Wildman–Crippen MR) is 89.3 cm³/mol. The van der Waals surface area contributed by atoms with Crippen LogP contribution < -0.4 is 0 Å². The highest BCUT2D eigenvalue weighted by Crippen LogP contribution is 2.25. The minimum Gasteiger partial charge on any atom is -0.326 e. The monoisotopic (exact) mass is 375 g/mol. The van der Waals surface area contributed by atoms with Gasteiger partial charge in [-0.3, -0.25) is 0 Å². The van der Waals surface area contributed by atoms with Crippen LogP contribution in [0.15, 0.2) is 16.6 Å². The van der Waals surface area contributed by atoms with Crippen molar-refractivity contribution in [3.05, 3.63) is 28.2 Å². The van der Waals surface area contributed by atoms with Crippen molar-refractivity contribution in [1.82, 2.24) is 14.5 Å². The summed E-state index contributed by atoms with van der Waals surface area (Å²) in [4.78, 5) is 6.74. The van der Waals surface area contributed by atoms with Crippen molar-refractivity contribution in [3.8, 4) is 0 Å². The molecule has 0 aliphatic carbocycles. The van der Waals surface area contributed by atoms with Crippen LogP contribution >= 0.6 is 27.5 Å². The lowest BCUT2D eigenvalue weighted by molar-refractivity contribution is 0.243. The van der Waals surface area contributed by atoms with Gasteiger partial charge in [0.2, 0.25) is 0 Å². The van der Waals surface area contributed by atoms with Crippen molar-refractivity contribution >= 4 is 38.6 Å². The number of aromatic nitrogens is 2. The Kier molecular flexibility index (Phi) is 5.63. The zero-order valence-corrected chi connectivity index (χ0v) is 14.9. The van der Waals surface area contributed by atoms with Crippen molar-refractivity contribution in [2.24, 2.45) is 0 Å². The number of hydrogen-bond donors (Lipinski definition) is 0. The summed E-state index contributed by atoms with van der Waals surface area (Å²) in [7, 11) is 2.11. The van der Waals surface area contributed by atoms with Gasteiger partial charge in [0.25, 0.3) is 0 Å². The molecule has 1 atom stereocenters. The van der Waals surface area contributed by atoms with Gasteiger partial charge in [-0.2, -0.15) is 0 Å². The molecular weight excluding hydrogens is 357 g/mol. The molecule has 0 spiro atoms. The van der Waals surface area contributed by atoms with Gasteiger partial charge in [-0.05, 0) is 42.4 Å². The van der Waals surface area contributed by atoms with Crippen molar-refractivity contribution in [2.45, 2.75) is 38.7 Å². The number of hydrogen-bond acceptors (Lipinski definition) is 2. The molecule has 0 aliphatic heterocycles. The second-order valence-electron chi connectivity index (χ2n) is 5.31. The predicted octanol–water partition coefficient (Wildman–Crippen LogP) is 4.41. The van der Waals surface area contributed by atoms with E-state index >= 15 is 0 Å². The van der Waals surface area contributed by atoms with Crippen molar-refractivity contribution in [2.75, 3.05) is 13.6 Å². The second-order valence-corrected chi connectivity index (χ2v) is 6.43. The Balaban J connectivity index is 2.31. The Morgan fingerprint density at radius 1 is 1.48 bits per heavy atom. The highest BCUT2D eigenvalue weighted by molar-refractivity contribution is 9.10. The van der Waals surface area contributed by atoms with Crippen molar-refractivity contribution < 1.29 is 4.39 Å². The van der Waals surface area contributed by atoms with E-state index in [0.717, 1.165) is 30.9 Å². The molecule has 0 amide bonds. The lowest BCUT2D eigenvalue weighted by Crippen LogP contribution is -2.31. The van der Waals surface area contributed by atoms with Crippen molar-refractivity contribution in [1.29, 1.82) is 0 Å². The number of halogens is 3.